The summed E-state index contributed by atoms with van der Waals surface area (Å²) in [6.07, 6.45) is 0. The van der Waals surface area contributed by atoms with Gasteiger partial charge in [0.05, 0.1) is 17.7 Å². The lowest BCUT2D eigenvalue weighted by atomic mass is 10.3. The molecule has 7 heteroatoms. The molecule has 1 aromatic carbocycles. The highest BCUT2D eigenvalue weighted by Crippen LogP contribution is 2.17. The summed E-state index contributed by atoms with van der Waals surface area (Å²) in [4.78, 5) is 27.6. The average molecular weight is 331 g/mol. The first kappa shape index (κ1) is 16.7. The van der Waals surface area contributed by atoms with Crippen molar-refractivity contribution in [2.24, 2.45) is 0 Å². The lowest BCUT2D eigenvalue weighted by Crippen LogP contribution is -2.35. The molecule has 0 bridgehead atoms. The van der Waals surface area contributed by atoms with Crippen LogP contribution in [0.1, 0.15) is 12.6 Å². The van der Waals surface area contributed by atoms with Crippen LogP contribution in [-0.4, -0.2) is 23.4 Å². The zero-order valence-electron chi connectivity index (χ0n) is 12.7. The van der Waals surface area contributed by atoms with E-state index in [2.05, 4.69) is 22.2 Å². The molecule has 1 heterocycles. The normalized spacial score (nSPS) is 9.96. The van der Waals surface area contributed by atoms with E-state index in [4.69, 9.17) is 4.74 Å². The number of ether oxygens (including phenoxy) is 1. The molecule has 6 nitrogen and oxygen atoms in total. The molecule has 0 saturated heterocycles. The molecule has 2 amide bonds. The van der Waals surface area contributed by atoms with Crippen LogP contribution in [0.15, 0.2) is 47.3 Å². The Morgan fingerprint density at radius 2 is 2.17 bits per heavy atom. The molecule has 0 saturated carbocycles. The molecule has 0 spiro atoms. The number of anilines is 1. The first-order chi connectivity index (χ1) is 11.0. The Kier molecular flexibility index (Phi) is 5.87. The predicted octanol–water partition coefficient (Wildman–Crippen LogP) is 2.35. The summed E-state index contributed by atoms with van der Waals surface area (Å²) >= 11 is 1.43. The first-order valence-electron chi connectivity index (χ1n) is 6.88. The molecule has 2 rings (SSSR count). The Morgan fingerprint density at radius 1 is 1.35 bits per heavy atom. The molecule has 120 valence electrons. The number of carbonyl (C=O) groups excluding carboxylic acids is 2. The Labute approximate surface area is 138 Å². The van der Waals surface area contributed by atoms with Crippen LogP contribution in [0.5, 0.6) is 5.75 Å². The number of aromatic nitrogens is 1. The molecule has 0 atom stereocenters. The highest BCUT2D eigenvalue weighted by Gasteiger charge is 2.14. The fourth-order valence-electron chi connectivity index (χ4n) is 1.63. The van der Waals surface area contributed by atoms with Gasteiger partial charge in [-0.2, -0.15) is 0 Å². The van der Waals surface area contributed by atoms with E-state index >= 15 is 0 Å². The lowest BCUT2D eigenvalue weighted by molar-refractivity contribution is -0.136. The number of amides is 2. The highest BCUT2D eigenvalue weighted by atomic mass is 32.1. The molecule has 2 N–H and O–H groups in total. The molecule has 23 heavy (non-hydrogen) atoms. The van der Waals surface area contributed by atoms with Crippen molar-refractivity contribution >= 4 is 28.8 Å². The lowest BCUT2D eigenvalue weighted by Gasteiger charge is -2.09. The molecule has 2 aromatic rings. The maximum absolute atomic E-state index is 11.9. The molecule has 0 fully saturated rings. The molecule has 0 aliphatic heterocycles. The van der Waals surface area contributed by atoms with E-state index in [0.717, 1.165) is 5.57 Å². The summed E-state index contributed by atoms with van der Waals surface area (Å²) < 4.78 is 5.49. The van der Waals surface area contributed by atoms with Crippen LogP contribution in [0.2, 0.25) is 0 Å². The standard InChI is InChI=1S/C16H17N3O3S/c1-11(2)8-22-14-5-3-4-12(6-14)19-16(21)15(20)17-7-13-9-23-10-18-13/h3-6,9-10H,1,7-8H2,2H3,(H,17,20)(H,19,21). The van der Waals surface area contributed by atoms with Gasteiger partial charge in [0.15, 0.2) is 0 Å². The number of hydrogen-bond donors (Lipinski definition) is 2. The van der Waals surface area contributed by atoms with Gasteiger partial charge in [0.2, 0.25) is 0 Å². The fraction of sp³-hybridized carbons (Fsp3) is 0.188. The van der Waals surface area contributed by atoms with Crippen molar-refractivity contribution in [2.75, 3.05) is 11.9 Å². The zero-order valence-corrected chi connectivity index (χ0v) is 13.5. The van der Waals surface area contributed by atoms with Crippen molar-refractivity contribution in [1.29, 1.82) is 0 Å². The van der Waals surface area contributed by atoms with Crippen LogP contribution in [0, 0.1) is 0 Å². The van der Waals surface area contributed by atoms with Crippen LogP contribution in [0.3, 0.4) is 0 Å². The summed E-state index contributed by atoms with van der Waals surface area (Å²) in [5.41, 5.74) is 3.75. The molecule has 0 radical (unpaired) electrons. The number of carbonyl (C=O) groups is 2. The number of thiazole rings is 1. The summed E-state index contributed by atoms with van der Waals surface area (Å²) in [5, 5.41) is 6.84. The second kappa shape index (κ2) is 8.09. The van der Waals surface area contributed by atoms with Gasteiger partial charge in [-0.1, -0.05) is 12.6 Å². The van der Waals surface area contributed by atoms with Crippen LogP contribution in [0.4, 0.5) is 5.69 Å². The largest absolute Gasteiger partial charge is 0.489 e. The minimum absolute atomic E-state index is 0.220. The van der Waals surface area contributed by atoms with Gasteiger partial charge in [-0.25, -0.2) is 4.98 Å². The van der Waals surface area contributed by atoms with Gasteiger partial charge in [0, 0.05) is 17.1 Å². The second-order valence-corrected chi connectivity index (χ2v) is 5.61. The van der Waals surface area contributed by atoms with E-state index in [0.29, 0.717) is 23.7 Å². The van der Waals surface area contributed by atoms with Crippen molar-refractivity contribution in [1.82, 2.24) is 10.3 Å². The first-order valence-corrected chi connectivity index (χ1v) is 7.82. The number of nitrogens with zero attached hydrogens (tertiary/aromatic N) is 1. The molecular weight excluding hydrogens is 314 g/mol. The van der Waals surface area contributed by atoms with Gasteiger partial charge in [-0.05, 0) is 24.6 Å². The van der Waals surface area contributed by atoms with Crippen molar-refractivity contribution in [3.8, 4) is 5.75 Å². The quantitative estimate of drug-likeness (QED) is 0.629. The number of benzene rings is 1. The van der Waals surface area contributed by atoms with Crippen LogP contribution < -0.4 is 15.4 Å². The van der Waals surface area contributed by atoms with Gasteiger partial charge >= 0.3 is 11.8 Å². The molecule has 0 unspecified atom stereocenters. The summed E-state index contributed by atoms with van der Waals surface area (Å²) in [6, 6.07) is 6.82. The third-order valence-electron chi connectivity index (χ3n) is 2.70. The van der Waals surface area contributed by atoms with Crippen LogP contribution in [0.25, 0.3) is 0 Å². The summed E-state index contributed by atoms with van der Waals surface area (Å²) in [5.74, 6) is -0.864. The van der Waals surface area contributed by atoms with Gasteiger partial charge in [-0.15, -0.1) is 11.3 Å². The van der Waals surface area contributed by atoms with Gasteiger partial charge in [-0.3, -0.25) is 9.59 Å². The van der Waals surface area contributed by atoms with E-state index in [1.54, 1.807) is 35.2 Å². The van der Waals surface area contributed by atoms with Gasteiger partial charge in [0.25, 0.3) is 0 Å². The minimum atomic E-state index is -0.739. The smallest absolute Gasteiger partial charge is 0.313 e. The zero-order chi connectivity index (χ0) is 16.7. The number of hydrogen-bond acceptors (Lipinski definition) is 5. The molecule has 1 aromatic heterocycles. The second-order valence-electron chi connectivity index (χ2n) is 4.89. The molecule has 0 aliphatic carbocycles. The van der Waals surface area contributed by atoms with E-state index in [9.17, 15) is 9.59 Å². The topological polar surface area (TPSA) is 80.3 Å². The number of rotatable bonds is 6. The van der Waals surface area contributed by atoms with Crippen molar-refractivity contribution < 1.29 is 14.3 Å². The Hall–Kier alpha value is -2.67. The molecule has 0 aliphatic rings. The number of nitrogens with one attached hydrogen (secondary N) is 2. The maximum Gasteiger partial charge on any atom is 0.313 e. The van der Waals surface area contributed by atoms with E-state index in [-0.39, 0.29) is 6.54 Å². The summed E-state index contributed by atoms with van der Waals surface area (Å²) in [7, 11) is 0. The highest BCUT2D eigenvalue weighted by molar-refractivity contribution is 7.07. The third-order valence-corrected chi connectivity index (χ3v) is 3.33. The monoisotopic (exact) mass is 331 g/mol. The average Bonchev–Trinajstić information content (AvgIpc) is 3.04. The van der Waals surface area contributed by atoms with Gasteiger partial charge < -0.3 is 15.4 Å². The van der Waals surface area contributed by atoms with Gasteiger partial charge in [0.1, 0.15) is 12.4 Å². The van der Waals surface area contributed by atoms with E-state index < -0.39 is 11.8 Å². The van der Waals surface area contributed by atoms with E-state index in [1.807, 2.05) is 6.92 Å². The van der Waals surface area contributed by atoms with Crippen molar-refractivity contribution in [2.45, 2.75) is 13.5 Å². The SMILES string of the molecule is C=C(C)COc1cccc(NC(=O)C(=O)NCc2cscn2)c1. The third kappa shape index (κ3) is 5.55. The minimum Gasteiger partial charge on any atom is -0.489 e. The summed E-state index contributed by atoms with van der Waals surface area (Å²) in [6.45, 7) is 6.23. The van der Waals surface area contributed by atoms with E-state index in [1.165, 1.54) is 11.3 Å². The Balaban J connectivity index is 1.87. The van der Waals surface area contributed by atoms with Crippen LogP contribution in [-0.2, 0) is 16.1 Å². The maximum atomic E-state index is 11.9. The fourth-order valence-corrected chi connectivity index (χ4v) is 2.19. The predicted molar refractivity (Wildman–Crippen MR) is 89.3 cm³/mol. The van der Waals surface area contributed by atoms with Crippen LogP contribution >= 0.6 is 11.3 Å². The Bertz CT molecular complexity index is 698. The van der Waals surface area contributed by atoms with Crippen molar-refractivity contribution in [3.63, 3.8) is 0 Å². The Morgan fingerprint density at radius 3 is 2.87 bits per heavy atom. The van der Waals surface area contributed by atoms with Crippen molar-refractivity contribution in [3.05, 3.63) is 53.0 Å². The molecular formula is C16H17N3O3S.